The van der Waals surface area contributed by atoms with E-state index in [0.717, 1.165) is 0 Å². The van der Waals surface area contributed by atoms with Crippen molar-refractivity contribution in [3.63, 3.8) is 0 Å². The predicted octanol–water partition coefficient (Wildman–Crippen LogP) is 1.70. The minimum absolute atomic E-state index is 0.402. The van der Waals surface area contributed by atoms with Crippen LogP contribution in [-0.4, -0.2) is 26.8 Å². The van der Waals surface area contributed by atoms with Gasteiger partial charge in [-0.25, -0.2) is 9.97 Å². The lowest BCUT2D eigenvalue weighted by molar-refractivity contribution is 0.0910. The van der Waals surface area contributed by atoms with Gasteiger partial charge in [0.1, 0.15) is 5.76 Å². The number of hydrogen-bond acceptors (Lipinski definition) is 5. The van der Waals surface area contributed by atoms with Gasteiger partial charge in [-0.15, -0.1) is 0 Å². The Labute approximate surface area is 121 Å². The van der Waals surface area contributed by atoms with Gasteiger partial charge in [-0.1, -0.05) is 0 Å². The molecule has 1 unspecified atom stereocenters. The monoisotopic (exact) mass is 285 g/mol. The quantitative estimate of drug-likeness (QED) is 0.790. The molecule has 6 nitrogen and oxygen atoms in total. The number of rotatable bonds is 4. The summed E-state index contributed by atoms with van der Waals surface area (Å²) in [6.45, 7) is 0. The molecule has 0 saturated carbocycles. The van der Waals surface area contributed by atoms with Crippen LogP contribution in [0.2, 0.25) is 0 Å². The van der Waals surface area contributed by atoms with Gasteiger partial charge in [0.25, 0.3) is 0 Å². The fourth-order valence-electron chi connectivity index (χ4n) is 2.35. The van der Waals surface area contributed by atoms with Crippen molar-refractivity contribution in [2.45, 2.75) is 5.60 Å². The van der Waals surface area contributed by atoms with E-state index in [1.807, 2.05) is 7.05 Å². The molecule has 0 fully saturated rings. The molecule has 3 rings (SSSR count). The fourth-order valence-corrected chi connectivity index (χ4v) is 2.35. The highest BCUT2D eigenvalue weighted by molar-refractivity contribution is 5.41. The molecule has 6 heteroatoms. The Hall–Kier alpha value is -2.60. The summed E-state index contributed by atoms with van der Waals surface area (Å²) in [5, 5.41) is 11.4. The van der Waals surface area contributed by atoms with E-state index >= 15 is 0 Å². The van der Waals surface area contributed by atoms with Gasteiger partial charge in [-0.05, 0) is 18.2 Å². The van der Waals surface area contributed by atoms with Crippen LogP contribution < -0.4 is 4.74 Å². The van der Waals surface area contributed by atoms with E-state index in [0.29, 0.717) is 22.9 Å². The number of imidazole rings is 1. The molecule has 3 aromatic heterocycles. The van der Waals surface area contributed by atoms with Crippen molar-refractivity contribution in [3.8, 4) is 5.88 Å². The third-order valence-corrected chi connectivity index (χ3v) is 3.43. The molecule has 1 N–H and O–H groups in total. The molecule has 0 saturated heterocycles. The van der Waals surface area contributed by atoms with Crippen molar-refractivity contribution in [2.75, 3.05) is 7.11 Å². The molecule has 3 aromatic rings. The molecule has 0 aliphatic carbocycles. The van der Waals surface area contributed by atoms with Gasteiger partial charge >= 0.3 is 0 Å². The van der Waals surface area contributed by atoms with Gasteiger partial charge in [0.2, 0.25) is 5.88 Å². The SMILES string of the molecule is COc1cc(C(O)(c2ccco2)c2cncn2C)ccn1. The van der Waals surface area contributed by atoms with Crippen molar-refractivity contribution < 1.29 is 14.3 Å². The molecule has 0 spiro atoms. The Morgan fingerprint density at radius 3 is 2.86 bits per heavy atom. The first-order valence-corrected chi connectivity index (χ1v) is 6.40. The van der Waals surface area contributed by atoms with Crippen LogP contribution in [0.25, 0.3) is 0 Å². The van der Waals surface area contributed by atoms with E-state index in [1.54, 1.807) is 47.6 Å². The van der Waals surface area contributed by atoms with Crippen LogP contribution in [0.1, 0.15) is 17.0 Å². The highest BCUT2D eigenvalue weighted by Crippen LogP contribution is 2.37. The van der Waals surface area contributed by atoms with Crippen molar-refractivity contribution in [1.82, 2.24) is 14.5 Å². The Balaban J connectivity index is 2.24. The van der Waals surface area contributed by atoms with Gasteiger partial charge < -0.3 is 18.8 Å². The van der Waals surface area contributed by atoms with Crippen LogP contribution in [0, 0.1) is 0 Å². The zero-order valence-electron chi connectivity index (χ0n) is 11.7. The second-order valence-electron chi connectivity index (χ2n) is 4.66. The van der Waals surface area contributed by atoms with Gasteiger partial charge in [0.05, 0.1) is 31.6 Å². The maximum Gasteiger partial charge on any atom is 0.213 e. The van der Waals surface area contributed by atoms with E-state index in [-0.39, 0.29) is 0 Å². The second-order valence-corrected chi connectivity index (χ2v) is 4.66. The number of aromatic nitrogens is 3. The second kappa shape index (κ2) is 5.06. The predicted molar refractivity (Wildman–Crippen MR) is 74.8 cm³/mol. The van der Waals surface area contributed by atoms with Crippen LogP contribution in [0.4, 0.5) is 0 Å². The first-order chi connectivity index (χ1) is 10.2. The first-order valence-electron chi connectivity index (χ1n) is 6.40. The largest absolute Gasteiger partial charge is 0.481 e. The summed E-state index contributed by atoms with van der Waals surface area (Å²) in [5.74, 6) is 0.819. The van der Waals surface area contributed by atoms with Crippen LogP contribution >= 0.6 is 0 Å². The maximum absolute atomic E-state index is 11.4. The van der Waals surface area contributed by atoms with Crippen molar-refractivity contribution >= 4 is 0 Å². The molecular formula is C15H15N3O3. The topological polar surface area (TPSA) is 73.3 Å². The van der Waals surface area contributed by atoms with Gasteiger partial charge in [0, 0.05) is 24.9 Å². The number of furan rings is 1. The third-order valence-electron chi connectivity index (χ3n) is 3.43. The standard InChI is InChI=1S/C15H15N3O3/c1-18-10-16-9-12(18)15(19,13-4-3-7-21-13)11-5-6-17-14(8-11)20-2/h3-10,19H,1-2H3. The summed E-state index contributed by atoms with van der Waals surface area (Å²) in [7, 11) is 3.34. The molecule has 0 aliphatic heterocycles. The lowest BCUT2D eigenvalue weighted by Crippen LogP contribution is -2.30. The van der Waals surface area contributed by atoms with E-state index < -0.39 is 5.60 Å². The minimum Gasteiger partial charge on any atom is -0.481 e. The third kappa shape index (κ3) is 2.09. The lowest BCUT2D eigenvalue weighted by Gasteiger charge is -2.27. The number of nitrogens with zero attached hydrogens (tertiary/aromatic N) is 3. The lowest BCUT2D eigenvalue weighted by atomic mass is 9.88. The van der Waals surface area contributed by atoms with Gasteiger partial charge in [-0.3, -0.25) is 0 Å². The summed E-state index contributed by atoms with van der Waals surface area (Å²) in [4.78, 5) is 8.15. The number of pyridine rings is 1. The molecule has 3 heterocycles. The number of ether oxygens (including phenoxy) is 1. The fraction of sp³-hybridized carbons (Fsp3) is 0.200. The van der Waals surface area contributed by atoms with Crippen molar-refractivity contribution in [2.24, 2.45) is 7.05 Å². The molecule has 21 heavy (non-hydrogen) atoms. The molecule has 0 radical (unpaired) electrons. The van der Waals surface area contributed by atoms with E-state index in [4.69, 9.17) is 9.15 Å². The highest BCUT2D eigenvalue weighted by atomic mass is 16.5. The summed E-state index contributed by atoms with van der Waals surface area (Å²) < 4.78 is 12.3. The van der Waals surface area contributed by atoms with Crippen molar-refractivity contribution in [1.29, 1.82) is 0 Å². The van der Waals surface area contributed by atoms with Crippen LogP contribution in [0.15, 0.2) is 53.7 Å². The number of aliphatic hydroxyl groups is 1. The highest BCUT2D eigenvalue weighted by Gasteiger charge is 2.39. The zero-order chi connectivity index (χ0) is 14.9. The van der Waals surface area contributed by atoms with E-state index in [1.165, 1.54) is 13.4 Å². The van der Waals surface area contributed by atoms with Crippen LogP contribution in [0.3, 0.4) is 0 Å². The average molecular weight is 285 g/mol. The van der Waals surface area contributed by atoms with E-state index in [2.05, 4.69) is 9.97 Å². The molecule has 0 amide bonds. The average Bonchev–Trinajstić information content (AvgIpc) is 3.18. The molecule has 1 atom stereocenters. The summed E-state index contributed by atoms with van der Waals surface area (Å²) in [6.07, 6.45) is 6.34. The Morgan fingerprint density at radius 2 is 2.24 bits per heavy atom. The summed E-state index contributed by atoms with van der Waals surface area (Å²) >= 11 is 0. The van der Waals surface area contributed by atoms with Gasteiger partial charge in [0.15, 0.2) is 5.60 Å². The normalized spacial score (nSPS) is 13.9. The number of aryl methyl sites for hydroxylation is 1. The smallest absolute Gasteiger partial charge is 0.213 e. The van der Waals surface area contributed by atoms with Crippen molar-refractivity contribution in [3.05, 3.63) is 66.3 Å². The minimum atomic E-state index is -1.47. The van der Waals surface area contributed by atoms with Crippen LogP contribution in [0.5, 0.6) is 5.88 Å². The number of methoxy groups -OCH3 is 1. The molecular weight excluding hydrogens is 270 g/mol. The summed E-state index contributed by atoms with van der Waals surface area (Å²) in [6, 6.07) is 6.85. The molecule has 108 valence electrons. The zero-order valence-corrected chi connectivity index (χ0v) is 11.7. The Bertz CT molecular complexity index is 736. The molecule has 0 bridgehead atoms. The number of hydrogen-bond donors (Lipinski definition) is 1. The van der Waals surface area contributed by atoms with Gasteiger partial charge in [-0.2, -0.15) is 0 Å². The molecule has 0 aromatic carbocycles. The summed E-state index contributed by atoms with van der Waals surface area (Å²) in [5.41, 5.74) is -0.288. The first kappa shape index (κ1) is 13.4. The van der Waals surface area contributed by atoms with E-state index in [9.17, 15) is 5.11 Å². The van der Waals surface area contributed by atoms with Crippen LogP contribution in [-0.2, 0) is 12.6 Å². The maximum atomic E-state index is 11.4. The Kier molecular flexibility index (Phi) is 3.23. The molecule has 0 aliphatic rings. The Morgan fingerprint density at radius 1 is 1.38 bits per heavy atom.